The Bertz CT molecular complexity index is 4760. The van der Waals surface area contributed by atoms with Gasteiger partial charge in [-0.3, -0.25) is 0 Å². The molecule has 2 aromatic heterocycles. The topological polar surface area (TPSA) is 41.2 Å². The third-order valence-electron chi connectivity index (χ3n) is 18.1. The molecule has 0 unspecified atom stereocenters. The van der Waals surface area contributed by atoms with Crippen LogP contribution in [0.3, 0.4) is 0 Å². The first kappa shape index (κ1) is 56.0. The minimum absolute atomic E-state index is 0.531. The summed E-state index contributed by atoms with van der Waals surface area (Å²) in [6, 6.07) is 114. The number of anilines is 3. The summed E-state index contributed by atoms with van der Waals surface area (Å²) in [6.45, 7) is 7.82. The SMILES string of the molecule is [C-]#[N+]c1ccc(-n2c3ccc(N(c4ccc(C(F)(F)F)cc4)c4ccc5c(c4)c4cc([Si](c6ccccc6)(c6ccccc6)c6ccccc6)ccc4n5-c4ccc(C#N)cc4)cc3c3cc([Si](c4ccccc4)(c4ccccc4)c4ccccc4)ccc32)cc1. The molecule has 0 aliphatic rings. The van der Waals surface area contributed by atoms with Crippen molar-refractivity contribution in [1.29, 1.82) is 5.26 Å². The van der Waals surface area contributed by atoms with E-state index in [0.29, 0.717) is 16.9 Å². The van der Waals surface area contributed by atoms with Crippen molar-refractivity contribution < 1.29 is 13.2 Å². The van der Waals surface area contributed by atoms with Crippen LogP contribution in [-0.4, -0.2) is 25.3 Å². The number of hydrogen-bond acceptors (Lipinski definition) is 2. The van der Waals surface area contributed by atoms with Gasteiger partial charge in [-0.15, -0.1) is 0 Å². The highest BCUT2D eigenvalue weighted by Crippen LogP contribution is 2.44. The number of fused-ring (bicyclic) bond motifs is 6. The summed E-state index contributed by atoms with van der Waals surface area (Å²) in [5.74, 6) is 0. The average molecular weight is 1210 g/mol. The summed E-state index contributed by atoms with van der Waals surface area (Å²) in [5, 5.41) is 23.5. The fourth-order valence-corrected chi connectivity index (χ4v) is 23.6. The van der Waals surface area contributed by atoms with E-state index in [1.165, 1.54) is 41.5 Å². The van der Waals surface area contributed by atoms with Crippen LogP contribution in [-0.2, 0) is 6.18 Å². The summed E-state index contributed by atoms with van der Waals surface area (Å²) in [6.07, 6.45) is -4.56. The molecule has 0 saturated heterocycles. The molecular formula is C81H54F3N5Si2. The third kappa shape index (κ3) is 9.44. The molecule has 15 rings (SSSR count). The summed E-state index contributed by atoms with van der Waals surface area (Å²) >= 11 is 0. The molecule has 0 N–H and O–H groups in total. The molecule has 0 aliphatic carbocycles. The zero-order valence-corrected chi connectivity index (χ0v) is 51.0. The molecule has 2 heterocycles. The number of nitriles is 1. The van der Waals surface area contributed by atoms with Gasteiger partial charge in [0.25, 0.3) is 0 Å². The van der Waals surface area contributed by atoms with Crippen molar-refractivity contribution in [3.8, 4) is 17.4 Å². The lowest BCUT2D eigenvalue weighted by Gasteiger charge is -2.34. The van der Waals surface area contributed by atoms with Gasteiger partial charge >= 0.3 is 6.18 Å². The average Bonchev–Trinajstić information content (AvgIpc) is 1.76. The molecule has 432 valence electrons. The van der Waals surface area contributed by atoms with Crippen LogP contribution < -0.4 is 46.4 Å². The van der Waals surface area contributed by atoms with Gasteiger partial charge < -0.3 is 14.0 Å². The Labute approximate surface area is 527 Å². The lowest BCUT2D eigenvalue weighted by molar-refractivity contribution is -0.137. The summed E-state index contributed by atoms with van der Waals surface area (Å²) in [4.78, 5) is 5.80. The minimum Gasteiger partial charge on any atom is -0.310 e. The molecule has 0 atom stereocenters. The Morgan fingerprint density at radius 2 is 0.648 bits per heavy atom. The number of halogens is 3. The smallest absolute Gasteiger partial charge is 0.310 e. The van der Waals surface area contributed by atoms with Gasteiger partial charge in [-0.2, -0.15) is 18.4 Å². The van der Waals surface area contributed by atoms with Gasteiger partial charge in [-0.05, 0) is 151 Å². The van der Waals surface area contributed by atoms with Gasteiger partial charge in [0.15, 0.2) is 21.8 Å². The second kappa shape index (κ2) is 22.9. The van der Waals surface area contributed by atoms with Crippen molar-refractivity contribution in [2.75, 3.05) is 4.90 Å². The van der Waals surface area contributed by atoms with E-state index in [4.69, 9.17) is 6.57 Å². The molecule has 91 heavy (non-hydrogen) atoms. The van der Waals surface area contributed by atoms with Crippen LogP contribution in [0.15, 0.2) is 328 Å². The van der Waals surface area contributed by atoms with Crippen molar-refractivity contribution in [2.45, 2.75) is 6.18 Å². The van der Waals surface area contributed by atoms with Gasteiger partial charge in [-0.1, -0.05) is 218 Å². The number of rotatable bonds is 13. The van der Waals surface area contributed by atoms with E-state index in [9.17, 15) is 18.4 Å². The van der Waals surface area contributed by atoms with Gasteiger partial charge in [0, 0.05) is 50.0 Å². The summed E-state index contributed by atoms with van der Waals surface area (Å²) in [7, 11) is -6.12. The minimum atomic E-state index is -4.56. The van der Waals surface area contributed by atoms with Crippen molar-refractivity contribution in [1.82, 2.24) is 9.13 Å². The van der Waals surface area contributed by atoms with Crippen LogP contribution in [0.4, 0.5) is 35.9 Å². The number of alkyl halides is 3. The van der Waals surface area contributed by atoms with Gasteiger partial charge in [-0.25, -0.2) is 4.85 Å². The van der Waals surface area contributed by atoms with Crippen LogP contribution >= 0.6 is 0 Å². The van der Waals surface area contributed by atoms with Crippen LogP contribution in [0.25, 0.3) is 59.8 Å². The second-order valence-corrected chi connectivity index (χ2v) is 30.5. The monoisotopic (exact) mass is 1210 g/mol. The normalized spacial score (nSPS) is 11.9. The Kier molecular flexibility index (Phi) is 14.1. The van der Waals surface area contributed by atoms with Crippen molar-refractivity contribution >= 4 is 124 Å². The van der Waals surface area contributed by atoms with E-state index in [2.05, 4.69) is 280 Å². The summed E-state index contributed by atoms with van der Waals surface area (Å²) in [5.41, 5.74) is 7.84. The molecule has 10 heteroatoms. The highest BCUT2D eigenvalue weighted by atomic mass is 28.3. The van der Waals surface area contributed by atoms with Gasteiger partial charge in [0.2, 0.25) is 0 Å². The molecule has 0 fully saturated rings. The van der Waals surface area contributed by atoms with Crippen molar-refractivity contribution in [2.24, 2.45) is 0 Å². The molecule has 0 spiro atoms. The lowest BCUT2D eigenvalue weighted by Crippen LogP contribution is -2.74. The maximum atomic E-state index is 14.6. The van der Waals surface area contributed by atoms with E-state index in [1.807, 2.05) is 48.5 Å². The molecule has 0 aliphatic heterocycles. The fraction of sp³-hybridized carbons (Fsp3) is 0.0123. The largest absolute Gasteiger partial charge is 0.416 e. The van der Waals surface area contributed by atoms with E-state index in [1.54, 1.807) is 12.1 Å². The zero-order valence-electron chi connectivity index (χ0n) is 49.0. The van der Waals surface area contributed by atoms with Crippen LogP contribution in [0.1, 0.15) is 11.1 Å². The number of hydrogen-bond donors (Lipinski definition) is 0. The first-order chi connectivity index (χ1) is 44.7. The van der Waals surface area contributed by atoms with Crippen molar-refractivity contribution in [3.05, 3.63) is 350 Å². The Morgan fingerprint density at radius 3 is 0.967 bits per heavy atom. The number of nitrogens with zero attached hydrogens (tertiary/aromatic N) is 5. The van der Waals surface area contributed by atoms with Crippen LogP contribution in [0.5, 0.6) is 0 Å². The summed E-state index contributed by atoms with van der Waals surface area (Å²) < 4.78 is 48.4. The predicted octanol–water partition coefficient (Wildman–Crippen LogP) is 15.5. The molecule has 5 nitrogen and oxygen atoms in total. The maximum Gasteiger partial charge on any atom is 0.416 e. The number of benzene rings is 13. The highest BCUT2D eigenvalue weighted by molar-refractivity contribution is 7.20. The standard InChI is InChI=1S/C81H54F3N5Si2/c1-86-59-36-42-62(43-37-59)89-78-49-45-64(53-74(78)76-55-72(47-51-80(76)89)91(68-26-14-5-15-27-68,69-28-16-6-17-29-69)70-30-18-7-19-31-70)87(60-40-34-58(35-41-60)81(82,83)84)63-44-48-77-73(52-63)75-54-71(46-50-79(75)88(77)61-38-32-57(56-85)33-39-61)90(65-20-8-2-9-21-65,66-22-10-3-11-23-66)67-24-12-4-13-25-67/h2-55H. The fourth-order valence-electron chi connectivity index (χ4n) is 14.1. The first-order valence-corrected chi connectivity index (χ1v) is 34.1. The molecule has 15 aromatic rings. The lowest BCUT2D eigenvalue weighted by atomic mass is 10.1. The Hall–Kier alpha value is -11.5. The second-order valence-electron chi connectivity index (χ2n) is 22.9. The van der Waals surface area contributed by atoms with Crippen molar-refractivity contribution in [3.63, 3.8) is 0 Å². The van der Waals surface area contributed by atoms with Gasteiger partial charge in [0.1, 0.15) is 0 Å². The van der Waals surface area contributed by atoms with E-state index in [-0.39, 0.29) is 0 Å². The predicted molar refractivity (Wildman–Crippen MR) is 373 cm³/mol. The molecule has 0 saturated carbocycles. The van der Waals surface area contributed by atoms with Crippen LogP contribution in [0.2, 0.25) is 0 Å². The third-order valence-corrected chi connectivity index (χ3v) is 27.6. The quantitative estimate of drug-likeness (QED) is 0.0656. The molecule has 0 radical (unpaired) electrons. The van der Waals surface area contributed by atoms with Gasteiger partial charge in [0.05, 0.1) is 45.8 Å². The molecule has 0 bridgehead atoms. The molecule has 13 aromatic carbocycles. The first-order valence-electron chi connectivity index (χ1n) is 30.1. The highest BCUT2D eigenvalue weighted by Gasteiger charge is 2.43. The maximum absolute atomic E-state index is 14.6. The Morgan fingerprint density at radius 1 is 0.341 bits per heavy atom. The van der Waals surface area contributed by atoms with E-state index >= 15 is 0 Å². The number of aromatic nitrogens is 2. The van der Waals surface area contributed by atoms with E-state index in [0.717, 1.165) is 78.5 Å². The van der Waals surface area contributed by atoms with Crippen LogP contribution in [0, 0.1) is 17.9 Å². The molecule has 0 amide bonds. The Balaban J connectivity index is 1.01. The zero-order chi connectivity index (χ0) is 61.7. The van der Waals surface area contributed by atoms with E-state index < -0.39 is 27.9 Å². The molecular weight excluding hydrogens is 1160 g/mol.